The van der Waals surface area contributed by atoms with E-state index in [2.05, 4.69) is 146 Å². The van der Waals surface area contributed by atoms with Crippen LogP contribution in [0.4, 0.5) is 0 Å². The van der Waals surface area contributed by atoms with E-state index in [1.54, 1.807) is 23.5 Å². The first-order valence-electron chi connectivity index (χ1n) is 26.5. The fourth-order valence-electron chi connectivity index (χ4n) is 8.41. The van der Waals surface area contributed by atoms with E-state index >= 15 is 0 Å². The number of rotatable bonds is 8. The Hall–Kier alpha value is -5.50. The Balaban J connectivity index is 0.000000299. The molecule has 0 spiro atoms. The van der Waals surface area contributed by atoms with Crippen molar-refractivity contribution in [3.8, 4) is 50.6 Å². The first-order chi connectivity index (χ1) is 34.9. The molecule has 10 rings (SSSR count). The third kappa shape index (κ3) is 9.39. The molecule has 6 aromatic carbocycles. The number of hydrogen-bond donors (Lipinski definition) is 0. The predicted octanol–water partition coefficient (Wildman–Crippen LogP) is 15.9. The fourth-order valence-corrected chi connectivity index (χ4v) is 11.8. The van der Waals surface area contributed by atoms with Gasteiger partial charge in [-0.3, -0.25) is 9.97 Å². The number of aromatic nitrogens is 4. The second-order valence-electron chi connectivity index (χ2n) is 18.1. The van der Waals surface area contributed by atoms with Gasteiger partial charge in [-0.2, -0.15) is 11.3 Å². The number of aryl methyl sites for hydroxylation is 3. The summed E-state index contributed by atoms with van der Waals surface area (Å²) in [6, 6.07) is 52.6. The maximum absolute atomic E-state index is 8.60. The van der Waals surface area contributed by atoms with Crippen LogP contribution in [-0.2, 0) is 20.1 Å². The molecule has 66 heavy (non-hydrogen) atoms. The molecule has 333 valence electrons. The quantitative estimate of drug-likeness (QED) is 0.112. The average molecular weight is 1130 g/mol. The zero-order valence-corrected chi connectivity index (χ0v) is 43.4. The van der Waals surface area contributed by atoms with Crippen LogP contribution < -0.4 is 4.40 Å². The third-order valence-corrected chi connectivity index (χ3v) is 17.4. The Morgan fingerprint density at radius 3 is 2.00 bits per heavy atom. The van der Waals surface area contributed by atoms with E-state index in [-0.39, 0.29) is 54.4 Å². The fraction of sp³-hybridized carbons (Fsp3) is 0.203. The van der Waals surface area contributed by atoms with Crippen molar-refractivity contribution in [1.29, 1.82) is 0 Å². The SMILES string of the molecule is [2H]C([2H])([2H])c1c[c-]c(-c2cc[c]([Ge]([CH3])([CH3])[CH3])cn2)cc1.[2H]C([2H])([2H])c1cc2nc(-c3[c-]ccc4c3sc3ccc(-c5ccc(-c6ccccc6)cc5)cc34)n(-c3c(C(C)C)cccc3C(C)C)c2c(C([2H])([2H])[2H])n1.[Ir]. The molecule has 0 atom stereocenters. The summed E-state index contributed by atoms with van der Waals surface area (Å²) in [5.74, 6) is 7.64. The Bertz CT molecular complexity index is 3570. The summed E-state index contributed by atoms with van der Waals surface area (Å²) in [5.41, 5.74) is 10.0. The Labute approximate surface area is 423 Å². The van der Waals surface area contributed by atoms with Crippen LogP contribution in [-0.4, -0.2) is 32.8 Å². The molecule has 0 saturated carbocycles. The minimum atomic E-state index is -2.72. The van der Waals surface area contributed by atoms with Crippen molar-refractivity contribution >= 4 is 60.2 Å². The van der Waals surface area contributed by atoms with Gasteiger partial charge in [0.15, 0.2) is 0 Å². The van der Waals surface area contributed by atoms with E-state index in [1.807, 2.05) is 47.2 Å². The first kappa shape index (κ1) is 36.6. The largest absolute Gasteiger partial charge is 0.331 e. The Kier molecular flexibility index (Phi) is 10.7. The molecule has 0 aliphatic heterocycles. The van der Waals surface area contributed by atoms with Crippen molar-refractivity contribution in [1.82, 2.24) is 19.5 Å². The number of thiophene rings is 1. The summed E-state index contributed by atoms with van der Waals surface area (Å²) in [7, 11) is 0. The molecule has 7 heteroatoms. The average Bonchev–Trinajstić information content (AvgIpc) is 3.94. The Morgan fingerprint density at radius 2 is 1.38 bits per heavy atom. The monoisotopic (exact) mass is 1130 g/mol. The molecule has 4 nitrogen and oxygen atoms in total. The van der Waals surface area contributed by atoms with Crippen molar-refractivity contribution in [2.45, 2.75) is 77.4 Å². The van der Waals surface area contributed by atoms with Crippen molar-refractivity contribution in [3.63, 3.8) is 0 Å². The van der Waals surface area contributed by atoms with Crippen LogP contribution in [0.2, 0.25) is 17.3 Å². The zero-order valence-electron chi connectivity index (χ0n) is 47.0. The Morgan fingerprint density at radius 1 is 0.667 bits per heavy atom. The third-order valence-electron chi connectivity index (χ3n) is 11.9. The summed E-state index contributed by atoms with van der Waals surface area (Å²) in [4.78, 5) is 14.0. The molecular weight excluding hydrogens is 1060 g/mol. The molecule has 1 radical (unpaired) electrons. The summed E-state index contributed by atoms with van der Waals surface area (Å²) < 4.78 is 77.7. The van der Waals surface area contributed by atoms with Gasteiger partial charge in [-0.05, 0) is 87.2 Å². The standard InChI is InChI=1S/C44H38N3S.C15H18GeN.Ir/c1-26(2)34-14-10-15-35(27(3)4)42(34)47-41-29(6)45-28(5)24-39(41)46-44(47)37-17-11-16-36-38-25-33(22-23-40(38)48-43(36)37)32-20-18-31(19-21-32)30-12-8-7-9-13-30;1-12-5-7-13(8-6-12)15-10-9-14(11-17-15)16(2,3)4;/h7-16,18-27H,1-6H3;5-7,9-11H,1-4H3;/q2*-1;/i5D3,6D3;1D3;. The van der Waals surface area contributed by atoms with Gasteiger partial charge in [0, 0.05) is 44.4 Å². The smallest absolute Gasteiger partial charge is 0.0852 e. The molecular formula is C59H56GeIrN4S-2. The number of pyridine rings is 2. The van der Waals surface area contributed by atoms with Crippen LogP contribution in [0.25, 0.3) is 81.8 Å². The van der Waals surface area contributed by atoms with Crippen LogP contribution >= 0.6 is 11.3 Å². The number of para-hydroxylation sites is 1. The molecule has 0 aliphatic carbocycles. The van der Waals surface area contributed by atoms with Crippen molar-refractivity contribution < 1.29 is 32.4 Å². The summed E-state index contributed by atoms with van der Waals surface area (Å²) >= 11 is -0.193. The molecule has 10 aromatic rings. The molecule has 0 unspecified atom stereocenters. The predicted molar refractivity (Wildman–Crippen MR) is 281 cm³/mol. The van der Waals surface area contributed by atoms with Crippen LogP contribution in [0.1, 0.15) is 79.9 Å². The van der Waals surface area contributed by atoms with Crippen molar-refractivity contribution in [2.75, 3.05) is 0 Å². The minimum Gasteiger partial charge on any atom is -0.331 e. The summed E-state index contributed by atoms with van der Waals surface area (Å²) in [6.45, 7) is 1.03. The molecule has 0 bridgehead atoms. The van der Waals surface area contributed by atoms with Gasteiger partial charge in [0.2, 0.25) is 0 Å². The van der Waals surface area contributed by atoms with E-state index in [4.69, 9.17) is 17.3 Å². The van der Waals surface area contributed by atoms with Crippen LogP contribution in [0.15, 0.2) is 146 Å². The van der Waals surface area contributed by atoms with Gasteiger partial charge in [0.05, 0.1) is 22.6 Å². The molecule has 0 saturated heterocycles. The number of benzene rings is 6. The summed E-state index contributed by atoms with van der Waals surface area (Å²) in [5, 5.41) is 2.13. The van der Waals surface area contributed by atoms with E-state index < -0.39 is 33.8 Å². The second-order valence-corrected chi connectivity index (χ2v) is 29.8. The first-order valence-corrected chi connectivity index (χ1v) is 30.1. The van der Waals surface area contributed by atoms with E-state index in [0.29, 0.717) is 17.0 Å². The van der Waals surface area contributed by atoms with E-state index in [1.165, 1.54) is 22.1 Å². The molecule has 4 heterocycles. The molecule has 4 aromatic heterocycles. The number of fused-ring (bicyclic) bond motifs is 4. The topological polar surface area (TPSA) is 43.6 Å². The van der Waals surface area contributed by atoms with Crippen LogP contribution in [0.5, 0.6) is 0 Å². The zero-order chi connectivity index (χ0) is 53.1. The van der Waals surface area contributed by atoms with Crippen molar-refractivity contribution in [3.05, 3.63) is 186 Å². The van der Waals surface area contributed by atoms with E-state index in [0.717, 1.165) is 64.9 Å². The second kappa shape index (κ2) is 19.4. The molecule has 0 N–H and O–H groups in total. The van der Waals surface area contributed by atoms with Gasteiger partial charge >= 0.3 is 110 Å². The maximum Gasteiger partial charge on any atom is 0.0852 e. The van der Waals surface area contributed by atoms with Crippen LogP contribution in [0, 0.1) is 32.7 Å². The van der Waals surface area contributed by atoms with Crippen LogP contribution in [0.3, 0.4) is 0 Å². The van der Waals surface area contributed by atoms with E-state index in [9.17, 15) is 0 Å². The minimum absolute atomic E-state index is 0. The van der Waals surface area contributed by atoms with Gasteiger partial charge in [0.25, 0.3) is 0 Å². The van der Waals surface area contributed by atoms with Crippen molar-refractivity contribution in [2.24, 2.45) is 0 Å². The maximum atomic E-state index is 8.60. The molecule has 0 fully saturated rings. The number of hydrogen-bond acceptors (Lipinski definition) is 4. The number of imidazole rings is 1. The molecule has 0 aliphatic rings. The molecule has 0 amide bonds. The van der Waals surface area contributed by atoms with Gasteiger partial charge in [-0.1, -0.05) is 118 Å². The number of nitrogens with zero attached hydrogens (tertiary/aromatic N) is 4. The van der Waals surface area contributed by atoms with Gasteiger partial charge in [-0.15, -0.1) is 18.2 Å². The van der Waals surface area contributed by atoms with Gasteiger partial charge < -0.3 is 4.57 Å². The summed E-state index contributed by atoms with van der Waals surface area (Å²) in [6.07, 6.45) is 1.95. The van der Waals surface area contributed by atoms with Gasteiger partial charge in [0.1, 0.15) is 0 Å². The normalized spacial score (nSPS) is 14.2. The van der Waals surface area contributed by atoms with Gasteiger partial charge in [-0.25, -0.2) is 0 Å².